The van der Waals surface area contributed by atoms with Crippen molar-refractivity contribution in [2.24, 2.45) is 0 Å². The molecular weight excluding hydrogens is 182 g/mol. The number of rotatable bonds is 3. The number of carbonyl (C=O) groups is 1. The monoisotopic (exact) mass is 186 g/mol. The van der Waals surface area contributed by atoms with Gasteiger partial charge in [-0.15, -0.1) is 0 Å². The molecule has 0 amide bonds. The number of hydrogen-bond donors (Lipinski definition) is 3. The Balaban J connectivity index is 4.37. The van der Waals surface area contributed by atoms with Crippen LogP contribution in [0.4, 0.5) is 4.39 Å². The molecule has 0 unspecified atom stereocenters. The quantitative estimate of drug-likeness (QED) is 0.325. The first-order valence-electron chi connectivity index (χ1n) is 2.15. The van der Waals surface area contributed by atoms with Crippen molar-refractivity contribution >= 4 is 13.8 Å². The van der Waals surface area contributed by atoms with Crippen molar-refractivity contribution in [1.29, 1.82) is 0 Å². The molecular formula is C3H4FO6P. The highest BCUT2D eigenvalue weighted by atomic mass is 31.2. The lowest BCUT2D eigenvalue weighted by atomic mass is 10.6. The van der Waals surface area contributed by atoms with E-state index < -0.39 is 25.9 Å². The summed E-state index contributed by atoms with van der Waals surface area (Å²) in [5.41, 5.74) is 0. The van der Waals surface area contributed by atoms with Crippen LogP contribution in [0, 0.1) is 0 Å². The largest absolute Gasteiger partial charge is 0.525 e. The molecule has 0 saturated carbocycles. The first kappa shape index (κ1) is 10.1. The molecule has 8 heteroatoms. The summed E-state index contributed by atoms with van der Waals surface area (Å²) in [5, 5.41) is 7.96. The first-order chi connectivity index (χ1) is 4.87. The second-order valence-electron chi connectivity index (χ2n) is 1.36. The van der Waals surface area contributed by atoms with Crippen LogP contribution in [0.5, 0.6) is 0 Å². The van der Waals surface area contributed by atoms with Crippen molar-refractivity contribution in [3.8, 4) is 0 Å². The van der Waals surface area contributed by atoms with Gasteiger partial charge in [0.25, 0.3) is 0 Å². The van der Waals surface area contributed by atoms with Gasteiger partial charge in [-0.1, -0.05) is 0 Å². The average molecular weight is 186 g/mol. The molecule has 0 aliphatic carbocycles. The number of carboxylic acid groups (broad SMARTS) is 1. The van der Waals surface area contributed by atoms with Crippen LogP contribution < -0.4 is 0 Å². The van der Waals surface area contributed by atoms with E-state index >= 15 is 0 Å². The van der Waals surface area contributed by atoms with E-state index in [1.165, 1.54) is 0 Å². The summed E-state index contributed by atoms with van der Waals surface area (Å²) in [6.07, 6.45) is -0.554. The number of carboxylic acids is 1. The van der Waals surface area contributed by atoms with Gasteiger partial charge in [0.15, 0.2) is 0 Å². The van der Waals surface area contributed by atoms with Gasteiger partial charge in [-0.3, -0.25) is 9.79 Å². The number of aliphatic carboxylic acids is 1. The third-order valence-corrected chi connectivity index (χ3v) is 0.962. The summed E-state index contributed by atoms with van der Waals surface area (Å²) in [5.74, 6) is -3.32. The summed E-state index contributed by atoms with van der Waals surface area (Å²) in [4.78, 5) is 25.8. The maximum atomic E-state index is 11.4. The Kier molecular flexibility index (Phi) is 3.18. The molecule has 3 N–H and O–H groups in total. The molecule has 64 valence electrons. The van der Waals surface area contributed by atoms with Crippen molar-refractivity contribution in [2.45, 2.75) is 0 Å². The molecule has 0 saturated heterocycles. The van der Waals surface area contributed by atoms with E-state index in [0.29, 0.717) is 0 Å². The number of halogens is 1. The molecule has 11 heavy (non-hydrogen) atoms. The lowest BCUT2D eigenvalue weighted by molar-refractivity contribution is -0.135. The molecule has 0 aromatic rings. The Morgan fingerprint density at radius 1 is 1.55 bits per heavy atom. The highest BCUT2D eigenvalue weighted by Crippen LogP contribution is 2.38. The van der Waals surface area contributed by atoms with E-state index in [1.807, 2.05) is 0 Å². The predicted octanol–water partition coefficient (Wildman–Crippen LogP) is -0.00880. The normalized spacial score (nSPS) is 12.8. The molecule has 6 nitrogen and oxygen atoms in total. The molecule has 0 rings (SSSR count). The molecule has 0 aliphatic rings. The Morgan fingerprint density at radius 3 is 2.09 bits per heavy atom. The molecule has 0 aromatic heterocycles. The fraction of sp³-hybridized carbons (Fsp3) is 0. The first-order valence-corrected chi connectivity index (χ1v) is 3.68. The number of phosphoric ester groups is 1. The zero-order chi connectivity index (χ0) is 9.07. The fourth-order valence-electron chi connectivity index (χ4n) is 0.234. The summed E-state index contributed by atoms with van der Waals surface area (Å²) in [6, 6.07) is 0. The summed E-state index contributed by atoms with van der Waals surface area (Å²) in [6.45, 7) is 0. The summed E-state index contributed by atoms with van der Waals surface area (Å²) >= 11 is 0. The van der Waals surface area contributed by atoms with Gasteiger partial charge in [0, 0.05) is 0 Å². The van der Waals surface area contributed by atoms with Gasteiger partial charge < -0.3 is 9.63 Å². The van der Waals surface area contributed by atoms with Gasteiger partial charge in [-0.25, -0.2) is 13.8 Å². The third kappa shape index (κ3) is 4.49. The zero-order valence-corrected chi connectivity index (χ0v) is 5.86. The number of phosphoric acid groups is 1. The minimum Gasteiger partial charge on any atom is -0.475 e. The topological polar surface area (TPSA) is 104 Å². The SMILES string of the molecule is O=C(O)C(=CF)OP(=O)(O)O. The number of hydrogen-bond acceptors (Lipinski definition) is 3. The lowest BCUT2D eigenvalue weighted by Crippen LogP contribution is -2.02. The lowest BCUT2D eigenvalue weighted by Gasteiger charge is -2.04. The molecule has 0 spiro atoms. The van der Waals surface area contributed by atoms with Gasteiger partial charge >= 0.3 is 13.8 Å². The second kappa shape index (κ2) is 3.47. The molecule has 0 radical (unpaired) electrons. The van der Waals surface area contributed by atoms with Crippen molar-refractivity contribution < 1.29 is 33.2 Å². The van der Waals surface area contributed by atoms with Crippen LogP contribution in [0.25, 0.3) is 0 Å². The molecule has 0 aliphatic heterocycles. The Morgan fingerprint density at radius 2 is 2.00 bits per heavy atom. The Bertz CT molecular complexity index is 228. The maximum Gasteiger partial charge on any atom is 0.525 e. The van der Waals surface area contributed by atoms with Crippen LogP contribution in [0.2, 0.25) is 0 Å². The van der Waals surface area contributed by atoms with Crippen LogP contribution in [-0.2, 0) is 13.9 Å². The van der Waals surface area contributed by atoms with Gasteiger partial charge in [0.05, 0.1) is 0 Å². The predicted molar refractivity (Wildman–Crippen MR) is 30.0 cm³/mol. The van der Waals surface area contributed by atoms with Crippen molar-refractivity contribution in [1.82, 2.24) is 0 Å². The minimum absolute atomic E-state index is 0.554. The van der Waals surface area contributed by atoms with Crippen molar-refractivity contribution in [3.05, 3.63) is 12.1 Å². The molecule has 0 bridgehead atoms. The van der Waals surface area contributed by atoms with Crippen LogP contribution in [-0.4, -0.2) is 20.9 Å². The highest BCUT2D eigenvalue weighted by molar-refractivity contribution is 7.46. The zero-order valence-electron chi connectivity index (χ0n) is 4.97. The third-order valence-electron chi connectivity index (χ3n) is 0.527. The molecule has 0 heterocycles. The molecule has 0 atom stereocenters. The van der Waals surface area contributed by atoms with Gasteiger partial charge in [0.2, 0.25) is 5.76 Å². The standard InChI is InChI=1S/C3H4FO6P/c4-1-2(3(5)6)10-11(7,8)9/h1H,(H,5,6)(H2,7,8,9). The van der Waals surface area contributed by atoms with Crippen LogP contribution in [0.3, 0.4) is 0 Å². The van der Waals surface area contributed by atoms with Gasteiger partial charge in [-0.05, 0) is 0 Å². The van der Waals surface area contributed by atoms with E-state index in [9.17, 15) is 13.8 Å². The maximum absolute atomic E-state index is 11.4. The smallest absolute Gasteiger partial charge is 0.475 e. The van der Waals surface area contributed by atoms with Crippen molar-refractivity contribution in [3.63, 3.8) is 0 Å². The van der Waals surface area contributed by atoms with Crippen LogP contribution in [0.1, 0.15) is 0 Å². The van der Waals surface area contributed by atoms with Crippen molar-refractivity contribution in [2.75, 3.05) is 0 Å². The summed E-state index contributed by atoms with van der Waals surface area (Å²) < 4.78 is 24.7. The minimum atomic E-state index is -4.98. The Labute approximate surface area is 60.2 Å². The summed E-state index contributed by atoms with van der Waals surface area (Å²) in [7, 11) is -4.98. The van der Waals surface area contributed by atoms with E-state index in [4.69, 9.17) is 14.9 Å². The highest BCUT2D eigenvalue weighted by Gasteiger charge is 2.22. The van der Waals surface area contributed by atoms with E-state index in [2.05, 4.69) is 4.52 Å². The fourth-order valence-corrected chi connectivity index (χ4v) is 0.608. The average Bonchev–Trinajstić information content (AvgIpc) is 1.80. The van der Waals surface area contributed by atoms with Crippen LogP contribution in [0.15, 0.2) is 12.1 Å². The van der Waals surface area contributed by atoms with Gasteiger partial charge in [-0.2, -0.15) is 0 Å². The van der Waals surface area contributed by atoms with E-state index in [0.717, 1.165) is 0 Å². The second-order valence-corrected chi connectivity index (χ2v) is 2.52. The van der Waals surface area contributed by atoms with E-state index in [1.54, 1.807) is 0 Å². The molecule has 0 fully saturated rings. The Hall–Kier alpha value is -0.910. The van der Waals surface area contributed by atoms with Gasteiger partial charge in [0.1, 0.15) is 6.33 Å². The molecule has 0 aromatic carbocycles. The van der Waals surface area contributed by atoms with E-state index in [-0.39, 0.29) is 0 Å². The van der Waals surface area contributed by atoms with Crippen LogP contribution >= 0.6 is 7.82 Å².